The predicted octanol–water partition coefficient (Wildman–Crippen LogP) is 5.11. The fourth-order valence-electron chi connectivity index (χ4n) is 4.66. The van der Waals surface area contributed by atoms with Crippen molar-refractivity contribution in [3.63, 3.8) is 0 Å². The van der Waals surface area contributed by atoms with Gasteiger partial charge in [-0.15, -0.1) is 11.3 Å². The number of likely N-dealkylation sites (N-methyl/N-ethyl adjacent to an activating group) is 1. The molecule has 0 bridgehead atoms. The monoisotopic (exact) mass is 438 g/mol. The van der Waals surface area contributed by atoms with Crippen molar-refractivity contribution in [2.45, 2.75) is 51.5 Å². The summed E-state index contributed by atoms with van der Waals surface area (Å²) in [6, 6.07) is 10.3. The van der Waals surface area contributed by atoms with Crippen molar-refractivity contribution >= 4 is 22.2 Å². The Morgan fingerprint density at radius 3 is 2.71 bits per heavy atom. The van der Waals surface area contributed by atoms with Crippen molar-refractivity contribution in [3.05, 3.63) is 58.9 Å². The Morgan fingerprint density at radius 1 is 1.16 bits per heavy atom. The number of imidazole rings is 1. The van der Waals surface area contributed by atoms with E-state index in [0.29, 0.717) is 12.2 Å². The standard InChI is InChI=1S/C25H34N4OS/c1-27(15-8-13-20-11-6-7-12-20)19-22-23(26-25-29(22)17-18-31-25)24(30)28(2)16-14-21-9-4-3-5-10-21/h3-5,9-10,17-18,20H,6-8,11-16,19H2,1-2H3. The van der Waals surface area contributed by atoms with Gasteiger partial charge in [-0.2, -0.15) is 0 Å². The molecule has 0 spiro atoms. The molecule has 1 aromatic carbocycles. The molecule has 1 amide bonds. The van der Waals surface area contributed by atoms with Crippen LogP contribution < -0.4 is 0 Å². The zero-order valence-corrected chi connectivity index (χ0v) is 19.6. The minimum Gasteiger partial charge on any atom is -0.340 e. The van der Waals surface area contributed by atoms with E-state index in [1.54, 1.807) is 11.3 Å². The van der Waals surface area contributed by atoms with Crippen LogP contribution >= 0.6 is 11.3 Å². The highest BCUT2D eigenvalue weighted by molar-refractivity contribution is 7.15. The normalized spacial score (nSPS) is 14.7. The maximum atomic E-state index is 13.3. The highest BCUT2D eigenvalue weighted by Crippen LogP contribution is 2.28. The van der Waals surface area contributed by atoms with Gasteiger partial charge in [-0.25, -0.2) is 4.98 Å². The average molecular weight is 439 g/mol. The summed E-state index contributed by atoms with van der Waals surface area (Å²) in [5, 5.41) is 2.04. The second-order valence-corrected chi connectivity index (χ2v) is 9.83. The van der Waals surface area contributed by atoms with Gasteiger partial charge < -0.3 is 9.80 Å². The lowest BCUT2D eigenvalue weighted by molar-refractivity contribution is 0.0789. The summed E-state index contributed by atoms with van der Waals surface area (Å²) < 4.78 is 2.09. The number of rotatable bonds is 10. The number of thiazole rings is 1. The molecule has 2 aromatic heterocycles. The van der Waals surface area contributed by atoms with Crippen LogP contribution in [0.1, 0.15) is 60.3 Å². The number of carbonyl (C=O) groups excluding carboxylic acids is 1. The first-order valence-corrected chi connectivity index (χ1v) is 12.4. The number of aromatic nitrogens is 2. The zero-order valence-electron chi connectivity index (χ0n) is 18.8. The summed E-state index contributed by atoms with van der Waals surface area (Å²) in [6.07, 6.45) is 11.1. The Balaban J connectivity index is 1.39. The van der Waals surface area contributed by atoms with Crippen LogP contribution in [-0.2, 0) is 13.0 Å². The van der Waals surface area contributed by atoms with E-state index in [0.717, 1.165) is 36.1 Å². The molecule has 3 aromatic rings. The van der Waals surface area contributed by atoms with Crippen LogP contribution in [0, 0.1) is 5.92 Å². The highest BCUT2D eigenvalue weighted by Gasteiger charge is 2.23. The summed E-state index contributed by atoms with van der Waals surface area (Å²) in [4.78, 5) is 23.0. The fraction of sp³-hybridized carbons (Fsp3) is 0.520. The SMILES string of the molecule is CN(CCCC1CCCC1)Cc1c(C(=O)N(C)CCc2ccccc2)nc2sccn12. The van der Waals surface area contributed by atoms with Gasteiger partial charge >= 0.3 is 0 Å². The van der Waals surface area contributed by atoms with Crippen molar-refractivity contribution in [2.24, 2.45) is 5.92 Å². The van der Waals surface area contributed by atoms with E-state index < -0.39 is 0 Å². The molecule has 166 valence electrons. The molecule has 1 fully saturated rings. The van der Waals surface area contributed by atoms with Crippen LogP contribution in [0.2, 0.25) is 0 Å². The molecule has 4 rings (SSSR count). The first kappa shape index (κ1) is 22.0. The largest absolute Gasteiger partial charge is 0.340 e. The topological polar surface area (TPSA) is 40.9 Å². The van der Waals surface area contributed by atoms with Crippen LogP contribution in [0.4, 0.5) is 0 Å². The van der Waals surface area contributed by atoms with Gasteiger partial charge in [0.1, 0.15) is 0 Å². The van der Waals surface area contributed by atoms with E-state index in [9.17, 15) is 4.79 Å². The molecule has 0 saturated heterocycles. The average Bonchev–Trinajstić information content (AvgIpc) is 3.52. The number of hydrogen-bond donors (Lipinski definition) is 0. The summed E-state index contributed by atoms with van der Waals surface area (Å²) in [7, 11) is 4.04. The van der Waals surface area contributed by atoms with E-state index >= 15 is 0 Å². The number of carbonyl (C=O) groups is 1. The van der Waals surface area contributed by atoms with E-state index in [1.807, 2.05) is 41.7 Å². The van der Waals surface area contributed by atoms with Crippen LogP contribution in [-0.4, -0.2) is 52.3 Å². The van der Waals surface area contributed by atoms with Gasteiger partial charge in [0.15, 0.2) is 10.7 Å². The maximum Gasteiger partial charge on any atom is 0.274 e. The molecular weight excluding hydrogens is 404 g/mol. The predicted molar refractivity (Wildman–Crippen MR) is 128 cm³/mol. The Hall–Kier alpha value is -2.18. The Morgan fingerprint density at radius 2 is 1.94 bits per heavy atom. The Labute approximate surface area is 189 Å². The third kappa shape index (κ3) is 5.55. The maximum absolute atomic E-state index is 13.3. The van der Waals surface area contributed by atoms with E-state index in [2.05, 4.69) is 28.5 Å². The summed E-state index contributed by atoms with van der Waals surface area (Å²) in [6.45, 7) is 2.49. The molecule has 5 nitrogen and oxygen atoms in total. The highest BCUT2D eigenvalue weighted by atomic mass is 32.1. The van der Waals surface area contributed by atoms with Crippen molar-refractivity contribution < 1.29 is 4.79 Å². The molecular formula is C25H34N4OS. The number of nitrogens with zero attached hydrogens (tertiary/aromatic N) is 4. The van der Waals surface area contributed by atoms with Gasteiger partial charge in [0.2, 0.25) is 0 Å². The van der Waals surface area contributed by atoms with Crippen molar-refractivity contribution in [3.8, 4) is 0 Å². The van der Waals surface area contributed by atoms with Crippen LogP contribution in [0.3, 0.4) is 0 Å². The lowest BCUT2D eigenvalue weighted by Gasteiger charge is -2.20. The summed E-state index contributed by atoms with van der Waals surface area (Å²) in [5.74, 6) is 0.948. The molecule has 0 unspecified atom stereocenters. The first-order valence-electron chi connectivity index (χ1n) is 11.5. The molecule has 0 N–H and O–H groups in total. The van der Waals surface area contributed by atoms with Crippen LogP contribution in [0.25, 0.3) is 4.96 Å². The second-order valence-electron chi connectivity index (χ2n) is 8.96. The minimum absolute atomic E-state index is 0.0150. The van der Waals surface area contributed by atoms with Gasteiger partial charge in [0, 0.05) is 31.7 Å². The van der Waals surface area contributed by atoms with Crippen LogP contribution in [0.15, 0.2) is 41.9 Å². The molecule has 2 heterocycles. The van der Waals surface area contributed by atoms with E-state index in [-0.39, 0.29) is 5.91 Å². The van der Waals surface area contributed by atoms with E-state index in [1.165, 1.54) is 44.1 Å². The lowest BCUT2D eigenvalue weighted by atomic mass is 10.0. The number of benzene rings is 1. The van der Waals surface area contributed by atoms with Crippen molar-refractivity contribution in [1.82, 2.24) is 19.2 Å². The summed E-state index contributed by atoms with van der Waals surface area (Å²) in [5.41, 5.74) is 2.86. The smallest absolute Gasteiger partial charge is 0.274 e. The second kappa shape index (κ2) is 10.4. The minimum atomic E-state index is 0.0150. The third-order valence-electron chi connectivity index (χ3n) is 6.54. The Bertz CT molecular complexity index is 974. The molecule has 1 aliphatic carbocycles. The lowest BCUT2D eigenvalue weighted by Crippen LogP contribution is -2.31. The molecule has 31 heavy (non-hydrogen) atoms. The molecule has 1 aliphatic rings. The van der Waals surface area contributed by atoms with Crippen molar-refractivity contribution in [2.75, 3.05) is 27.2 Å². The molecule has 0 aliphatic heterocycles. The quantitative estimate of drug-likeness (QED) is 0.441. The zero-order chi connectivity index (χ0) is 21.6. The molecule has 0 radical (unpaired) electrons. The first-order chi connectivity index (χ1) is 15.1. The number of amides is 1. The van der Waals surface area contributed by atoms with Gasteiger partial charge in [-0.1, -0.05) is 56.0 Å². The summed E-state index contributed by atoms with van der Waals surface area (Å²) >= 11 is 1.59. The Kier molecular flexibility index (Phi) is 7.41. The van der Waals surface area contributed by atoms with Gasteiger partial charge in [0.05, 0.1) is 5.69 Å². The number of hydrogen-bond acceptors (Lipinski definition) is 4. The van der Waals surface area contributed by atoms with Gasteiger partial charge in [-0.05, 0) is 44.3 Å². The molecule has 0 atom stereocenters. The number of fused-ring (bicyclic) bond motifs is 1. The van der Waals surface area contributed by atoms with Crippen LogP contribution in [0.5, 0.6) is 0 Å². The van der Waals surface area contributed by atoms with Gasteiger partial charge in [-0.3, -0.25) is 9.20 Å². The molecule has 1 saturated carbocycles. The van der Waals surface area contributed by atoms with Crippen molar-refractivity contribution in [1.29, 1.82) is 0 Å². The fourth-order valence-corrected chi connectivity index (χ4v) is 5.40. The third-order valence-corrected chi connectivity index (χ3v) is 7.29. The van der Waals surface area contributed by atoms with E-state index in [4.69, 9.17) is 4.98 Å². The van der Waals surface area contributed by atoms with Gasteiger partial charge in [0.25, 0.3) is 5.91 Å². The molecule has 6 heteroatoms.